The molecule has 0 aliphatic carbocycles. The van der Waals surface area contributed by atoms with Gasteiger partial charge in [-0.15, -0.1) is 13.2 Å². The van der Waals surface area contributed by atoms with Crippen molar-refractivity contribution in [2.45, 2.75) is 6.54 Å². The number of likely N-dealkylation sites (N-methyl/N-ethyl adjacent to an activating group) is 1. The number of anilines is 2. The molecule has 82 valence electrons. The predicted molar refractivity (Wildman–Crippen MR) is 67.1 cm³/mol. The molecule has 3 heteroatoms. The Hall–Kier alpha value is -1.48. The number of rotatable bonds is 0. The molecule has 3 nitrogen and oxygen atoms in total. The molecule has 1 heterocycles. The number of fused-ring (bicyclic) bond motifs is 1. The molecule has 0 unspecified atom stereocenters. The van der Waals surface area contributed by atoms with E-state index in [1.165, 1.54) is 11.3 Å². The molecule has 0 amide bonds. The summed E-state index contributed by atoms with van der Waals surface area (Å²) in [5.74, 6) is 0. The summed E-state index contributed by atoms with van der Waals surface area (Å²) in [6.45, 7) is 9.01. The van der Waals surface area contributed by atoms with Gasteiger partial charge in [-0.3, -0.25) is 0 Å². The lowest BCUT2D eigenvalue weighted by Gasteiger charge is -2.18. The zero-order valence-corrected chi connectivity index (χ0v) is 9.29. The van der Waals surface area contributed by atoms with Gasteiger partial charge in [0.2, 0.25) is 0 Å². The lowest BCUT2D eigenvalue weighted by molar-refractivity contribution is 0.707. The number of nitrogens with zero attached hydrogens (tertiary/aromatic N) is 1. The van der Waals surface area contributed by atoms with E-state index in [0.717, 1.165) is 25.3 Å². The second kappa shape index (κ2) is 5.41. The van der Waals surface area contributed by atoms with Crippen LogP contribution >= 0.6 is 0 Å². The van der Waals surface area contributed by atoms with Crippen LogP contribution in [0.5, 0.6) is 0 Å². The van der Waals surface area contributed by atoms with E-state index in [1.54, 1.807) is 0 Å². The second-order valence-electron chi connectivity index (χ2n) is 3.49. The standard InChI is InChI=1S/C10H15N3.C2H4/c1-13-5-4-12-7-8-6-9(11)2-3-10(8)13;1-2/h2-3,6,12H,4-5,7,11H2,1H3;1-2H2. The van der Waals surface area contributed by atoms with Gasteiger partial charge < -0.3 is 16.0 Å². The van der Waals surface area contributed by atoms with Crippen molar-refractivity contribution >= 4 is 11.4 Å². The Balaban J connectivity index is 0.000000531. The molecule has 0 fully saturated rings. The molecule has 1 aromatic rings. The SMILES string of the molecule is C=C.CN1CCNCc2cc(N)ccc21. The van der Waals surface area contributed by atoms with Crippen LogP contribution in [0.2, 0.25) is 0 Å². The number of nitrogens with two attached hydrogens (primary N) is 1. The molecular formula is C12H19N3. The first-order chi connectivity index (χ1) is 7.27. The Bertz CT molecular complexity index is 323. The van der Waals surface area contributed by atoms with Crippen LogP contribution in [-0.4, -0.2) is 20.1 Å². The third-order valence-electron chi connectivity index (χ3n) is 2.45. The van der Waals surface area contributed by atoms with Crippen molar-refractivity contribution in [1.82, 2.24) is 5.32 Å². The Morgan fingerprint density at radius 1 is 1.40 bits per heavy atom. The largest absolute Gasteiger partial charge is 0.399 e. The van der Waals surface area contributed by atoms with Crippen molar-refractivity contribution in [3.8, 4) is 0 Å². The first-order valence-electron chi connectivity index (χ1n) is 5.07. The van der Waals surface area contributed by atoms with Crippen molar-refractivity contribution in [2.75, 3.05) is 30.8 Å². The molecule has 1 aliphatic heterocycles. The lowest BCUT2D eigenvalue weighted by Crippen LogP contribution is -2.24. The van der Waals surface area contributed by atoms with Gasteiger partial charge in [0.05, 0.1) is 0 Å². The Morgan fingerprint density at radius 3 is 2.87 bits per heavy atom. The van der Waals surface area contributed by atoms with Gasteiger partial charge in [-0.1, -0.05) is 0 Å². The Kier molecular flexibility index (Phi) is 4.18. The normalized spacial score (nSPS) is 14.6. The van der Waals surface area contributed by atoms with Crippen LogP contribution in [-0.2, 0) is 6.54 Å². The van der Waals surface area contributed by atoms with Crippen LogP contribution in [0, 0.1) is 0 Å². The molecular weight excluding hydrogens is 186 g/mol. The van der Waals surface area contributed by atoms with Crippen molar-refractivity contribution in [2.24, 2.45) is 0 Å². The molecule has 1 aliphatic rings. The first kappa shape index (κ1) is 11.6. The molecule has 2 rings (SSSR count). The fourth-order valence-corrected chi connectivity index (χ4v) is 1.71. The summed E-state index contributed by atoms with van der Waals surface area (Å²) >= 11 is 0. The number of benzene rings is 1. The zero-order valence-electron chi connectivity index (χ0n) is 9.29. The van der Waals surface area contributed by atoms with Crippen LogP contribution in [0.3, 0.4) is 0 Å². The van der Waals surface area contributed by atoms with Gasteiger partial charge in [0, 0.05) is 38.1 Å². The maximum atomic E-state index is 5.73. The molecule has 1 aromatic carbocycles. The van der Waals surface area contributed by atoms with Crippen molar-refractivity contribution < 1.29 is 0 Å². The van der Waals surface area contributed by atoms with E-state index in [2.05, 4.69) is 36.5 Å². The van der Waals surface area contributed by atoms with Gasteiger partial charge >= 0.3 is 0 Å². The second-order valence-corrected chi connectivity index (χ2v) is 3.49. The topological polar surface area (TPSA) is 41.3 Å². The van der Waals surface area contributed by atoms with Crippen LogP contribution in [0.25, 0.3) is 0 Å². The number of nitrogens with one attached hydrogen (secondary N) is 1. The summed E-state index contributed by atoms with van der Waals surface area (Å²) < 4.78 is 0. The molecule has 0 atom stereocenters. The minimum absolute atomic E-state index is 0.843. The Morgan fingerprint density at radius 2 is 2.13 bits per heavy atom. The van der Waals surface area contributed by atoms with Crippen LogP contribution in [0.15, 0.2) is 31.4 Å². The summed E-state index contributed by atoms with van der Waals surface area (Å²) in [6.07, 6.45) is 0. The van der Waals surface area contributed by atoms with E-state index in [0.29, 0.717) is 0 Å². The van der Waals surface area contributed by atoms with Gasteiger partial charge in [0.1, 0.15) is 0 Å². The smallest absolute Gasteiger partial charge is 0.0411 e. The highest BCUT2D eigenvalue weighted by atomic mass is 15.1. The minimum Gasteiger partial charge on any atom is -0.399 e. The van der Waals surface area contributed by atoms with E-state index in [-0.39, 0.29) is 0 Å². The maximum Gasteiger partial charge on any atom is 0.0411 e. The summed E-state index contributed by atoms with van der Waals surface area (Å²) in [4.78, 5) is 2.26. The van der Waals surface area contributed by atoms with E-state index >= 15 is 0 Å². The minimum atomic E-state index is 0.843. The van der Waals surface area contributed by atoms with E-state index < -0.39 is 0 Å². The monoisotopic (exact) mass is 205 g/mol. The zero-order chi connectivity index (χ0) is 11.3. The fraction of sp³-hybridized carbons (Fsp3) is 0.333. The predicted octanol–water partition coefficient (Wildman–Crippen LogP) is 1.61. The highest BCUT2D eigenvalue weighted by Crippen LogP contribution is 2.23. The van der Waals surface area contributed by atoms with Gasteiger partial charge in [0.25, 0.3) is 0 Å². The van der Waals surface area contributed by atoms with E-state index in [1.807, 2.05) is 12.1 Å². The molecule has 0 saturated heterocycles. The summed E-state index contributed by atoms with van der Waals surface area (Å²) in [7, 11) is 2.11. The number of nitrogen functional groups attached to an aromatic ring is 1. The molecule has 0 spiro atoms. The first-order valence-corrected chi connectivity index (χ1v) is 5.07. The maximum absolute atomic E-state index is 5.73. The van der Waals surface area contributed by atoms with E-state index in [9.17, 15) is 0 Å². The molecule has 15 heavy (non-hydrogen) atoms. The third-order valence-corrected chi connectivity index (χ3v) is 2.45. The van der Waals surface area contributed by atoms with Crippen molar-refractivity contribution in [1.29, 1.82) is 0 Å². The molecule has 0 aromatic heterocycles. The van der Waals surface area contributed by atoms with Gasteiger partial charge in [-0.25, -0.2) is 0 Å². The van der Waals surface area contributed by atoms with Crippen LogP contribution < -0.4 is 16.0 Å². The molecule has 0 bridgehead atoms. The number of hydrogen-bond donors (Lipinski definition) is 2. The lowest BCUT2D eigenvalue weighted by atomic mass is 10.1. The average molecular weight is 205 g/mol. The summed E-state index contributed by atoms with van der Waals surface area (Å²) in [5.41, 5.74) is 9.16. The quantitative estimate of drug-likeness (QED) is 0.499. The van der Waals surface area contributed by atoms with Gasteiger partial charge in [-0.2, -0.15) is 0 Å². The Labute approximate surface area is 91.6 Å². The van der Waals surface area contributed by atoms with Gasteiger partial charge in [-0.05, 0) is 23.8 Å². The third kappa shape index (κ3) is 2.73. The van der Waals surface area contributed by atoms with Crippen LogP contribution in [0.1, 0.15) is 5.56 Å². The molecule has 0 saturated carbocycles. The van der Waals surface area contributed by atoms with Crippen molar-refractivity contribution in [3.05, 3.63) is 36.9 Å². The fourth-order valence-electron chi connectivity index (χ4n) is 1.71. The van der Waals surface area contributed by atoms with Crippen molar-refractivity contribution in [3.63, 3.8) is 0 Å². The highest BCUT2D eigenvalue weighted by molar-refractivity contribution is 5.59. The number of hydrogen-bond acceptors (Lipinski definition) is 3. The molecule has 0 radical (unpaired) electrons. The van der Waals surface area contributed by atoms with E-state index in [4.69, 9.17) is 5.73 Å². The summed E-state index contributed by atoms with van der Waals surface area (Å²) in [5, 5.41) is 3.36. The van der Waals surface area contributed by atoms with Gasteiger partial charge in [0.15, 0.2) is 0 Å². The summed E-state index contributed by atoms with van der Waals surface area (Å²) in [6, 6.07) is 6.10. The highest BCUT2D eigenvalue weighted by Gasteiger charge is 2.10. The van der Waals surface area contributed by atoms with Crippen LogP contribution in [0.4, 0.5) is 11.4 Å². The average Bonchev–Trinajstić information content (AvgIpc) is 2.43. The molecule has 3 N–H and O–H groups in total.